The Hall–Kier alpha value is -3.10. The van der Waals surface area contributed by atoms with Crippen LogP contribution in [0.5, 0.6) is 5.75 Å². The van der Waals surface area contributed by atoms with Crippen LogP contribution in [0, 0.1) is 5.82 Å². The third-order valence-corrected chi connectivity index (χ3v) is 5.78. The van der Waals surface area contributed by atoms with E-state index in [0.717, 1.165) is 6.26 Å². The lowest BCUT2D eigenvalue weighted by Crippen LogP contribution is -2.29. The number of carbonyl (C=O) groups is 1. The molecule has 0 saturated heterocycles. The topological polar surface area (TPSA) is 75.7 Å². The second-order valence-electron chi connectivity index (χ2n) is 6.70. The smallest absolute Gasteiger partial charge is 0.262 e. The summed E-state index contributed by atoms with van der Waals surface area (Å²) in [6, 6.07) is 18.8. The zero-order chi connectivity index (χ0) is 22.4. The van der Waals surface area contributed by atoms with E-state index < -0.39 is 21.7 Å². The Balaban J connectivity index is 1.66. The Bertz CT molecular complexity index is 1170. The van der Waals surface area contributed by atoms with E-state index in [1.807, 2.05) is 0 Å². The molecule has 0 bridgehead atoms. The highest BCUT2D eigenvalue weighted by Gasteiger charge is 2.19. The number of carbonyl (C=O) groups excluding carboxylic acids is 1. The summed E-state index contributed by atoms with van der Waals surface area (Å²) in [4.78, 5) is 12.0. The second kappa shape index (κ2) is 9.80. The fourth-order valence-corrected chi connectivity index (χ4v) is 3.88. The third kappa shape index (κ3) is 6.44. The first-order valence-corrected chi connectivity index (χ1v) is 11.4. The van der Waals surface area contributed by atoms with Crippen molar-refractivity contribution in [1.29, 1.82) is 0 Å². The SMILES string of the molecule is CS(=O)(=O)N(Cc1ccccc1Cl)c1ccc(OCC(=O)Nc2cccc(F)c2)cc1. The highest BCUT2D eigenvalue weighted by atomic mass is 35.5. The van der Waals surface area contributed by atoms with E-state index in [9.17, 15) is 17.6 Å². The van der Waals surface area contributed by atoms with Crippen molar-refractivity contribution >= 4 is 38.9 Å². The maximum Gasteiger partial charge on any atom is 0.262 e. The quantitative estimate of drug-likeness (QED) is 0.536. The summed E-state index contributed by atoms with van der Waals surface area (Å²) in [6.07, 6.45) is 1.12. The average molecular weight is 463 g/mol. The number of sulfonamides is 1. The van der Waals surface area contributed by atoms with Gasteiger partial charge >= 0.3 is 0 Å². The van der Waals surface area contributed by atoms with Gasteiger partial charge in [-0.1, -0.05) is 35.9 Å². The number of hydrogen-bond donors (Lipinski definition) is 1. The molecule has 0 fully saturated rings. The van der Waals surface area contributed by atoms with Gasteiger partial charge in [-0.25, -0.2) is 12.8 Å². The predicted octanol–water partition coefficient (Wildman–Crippen LogP) is 4.46. The van der Waals surface area contributed by atoms with E-state index in [4.69, 9.17) is 16.3 Å². The van der Waals surface area contributed by atoms with Gasteiger partial charge in [-0.15, -0.1) is 0 Å². The van der Waals surface area contributed by atoms with Crippen LogP contribution in [0.15, 0.2) is 72.8 Å². The Morgan fingerprint density at radius 2 is 1.77 bits per heavy atom. The summed E-state index contributed by atoms with van der Waals surface area (Å²) >= 11 is 6.17. The van der Waals surface area contributed by atoms with Crippen LogP contribution in [0.4, 0.5) is 15.8 Å². The van der Waals surface area contributed by atoms with Crippen LogP contribution >= 0.6 is 11.6 Å². The van der Waals surface area contributed by atoms with Gasteiger partial charge in [0, 0.05) is 10.7 Å². The minimum atomic E-state index is -3.57. The summed E-state index contributed by atoms with van der Waals surface area (Å²) in [5.74, 6) is -0.531. The molecule has 0 heterocycles. The maximum absolute atomic E-state index is 13.2. The number of hydrogen-bond acceptors (Lipinski definition) is 4. The number of halogens is 2. The number of nitrogens with one attached hydrogen (secondary N) is 1. The van der Waals surface area contributed by atoms with Gasteiger partial charge in [-0.3, -0.25) is 9.10 Å². The molecule has 0 atom stereocenters. The number of rotatable bonds is 8. The summed E-state index contributed by atoms with van der Waals surface area (Å²) in [5.41, 5.74) is 1.43. The van der Waals surface area contributed by atoms with Crippen molar-refractivity contribution in [3.63, 3.8) is 0 Å². The monoisotopic (exact) mass is 462 g/mol. The van der Waals surface area contributed by atoms with E-state index in [2.05, 4.69) is 5.32 Å². The largest absolute Gasteiger partial charge is 0.484 e. The van der Waals surface area contributed by atoms with Crippen LogP contribution < -0.4 is 14.4 Å². The minimum absolute atomic E-state index is 0.0781. The van der Waals surface area contributed by atoms with Crippen LogP contribution in [0.3, 0.4) is 0 Å². The molecular weight excluding hydrogens is 443 g/mol. The molecule has 0 aliphatic rings. The van der Waals surface area contributed by atoms with Gasteiger partial charge in [0.05, 0.1) is 18.5 Å². The summed E-state index contributed by atoms with van der Waals surface area (Å²) in [7, 11) is -3.57. The number of benzene rings is 3. The minimum Gasteiger partial charge on any atom is -0.484 e. The molecule has 0 unspecified atom stereocenters. The van der Waals surface area contributed by atoms with Crippen LogP contribution in [0.2, 0.25) is 5.02 Å². The van der Waals surface area contributed by atoms with Crippen molar-refractivity contribution in [2.45, 2.75) is 6.54 Å². The van der Waals surface area contributed by atoms with Gasteiger partial charge in [0.1, 0.15) is 11.6 Å². The first-order chi connectivity index (χ1) is 14.7. The molecule has 3 aromatic carbocycles. The molecule has 0 aliphatic carbocycles. The van der Waals surface area contributed by atoms with E-state index in [1.165, 1.54) is 22.5 Å². The molecular formula is C22H20ClFN2O4S. The Morgan fingerprint density at radius 3 is 2.42 bits per heavy atom. The molecule has 0 radical (unpaired) electrons. The van der Waals surface area contributed by atoms with Gasteiger partial charge in [-0.2, -0.15) is 0 Å². The van der Waals surface area contributed by atoms with Gasteiger partial charge in [0.25, 0.3) is 5.91 Å². The Labute approximate surface area is 185 Å². The van der Waals surface area contributed by atoms with Crippen LogP contribution in [-0.4, -0.2) is 27.2 Å². The van der Waals surface area contributed by atoms with Crippen molar-refractivity contribution < 1.29 is 22.3 Å². The molecule has 1 N–H and O–H groups in total. The molecule has 1 amide bonds. The Morgan fingerprint density at radius 1 is 1.06 bits per heavy atom. The fourth-order valence-electron chi connectivity index (χ4n) is 2.80. The molecule has 162 valence electrons. The van der Waals surface area contributed by atoms with E-state index in [1.54, 1.807) is 54.6 Å². The van der Waals surface area contributed by atoms with Crippen molar-refractivity contribution in [2.75, 3.05) is 22.5 Å². The first-order valence-electron chi connectivity index (χ1n) is 9.22. The van der Waals surface area contributed by atoms with Crippen molar-refractivity contribution in [3.05, 3.63) is 89.2 Å². The van der Waals surface area contributed by atoms with Crippen LogP contribution in [0.25, 0.3) is 0 Å². The number of ether oxygens (including phenoxy) is 1. The highest BCUT2D eigenvalue weighted by Crippen LogP contribution is 2.26. The summed E-state index contributed by atoms with van der Waals surface area (Å²) in [6.45, 7) is -0.208. The van der Waals surface area contributed by atoms with E-state index in [-0.39, 0.29) is 13.2 Å². The molecule has 9 heteroatoms. The zero-order valence-corrected chi connectivity index (χ0v) is 18.2. The predicted molar refractivity (Wildman–Crippen MR) is 119 cm³/mol. The van der Waals surface area contributed by atoms with Crippen molar-refractivity contribution in [1.82, 2.24) is 0 Å². The third-order valence-electron chi connectivity index (χ3n) is 4.28. The lowest BCUT2D eigenvalue weighted by atomic mass is 10.2. The molecule has 31 heavy (non-hydrogen) atoms. The van der Waals surface area contributed by atoms with Gasteiger partial charge < -0.3 is 10.1 Å². The molecule has 0 aliphatic heterocycles. The summed E-state index contributed by atoms with van der Waals surface area (Å²) < 4.78 is 44.5. The van der Waals surface area contributed by atoms with Crippen molar-refractivity contribution in [2.24, 2.45) is 0 Å². The average Bonchev–Trinajstić information content (AvgIpc) is 2.71. The van der Waals surface area contributed by atoms with Gasteiger partial charge in [-0.05, 0) is 54.1 Å². The second-order valence-corrected chi connectivity index (χ2v) is 9.02. The number of anilines is 2. The molecule has 0 aromatic heterocycles. The maximum atomic E-state index is 13.2. The fraction of sp³-hybridized carbons (Fsp3) is 0.136. The Kier molecular flexibility index (Phi) is 7.14. The standard InChI is InChI=1S/C22H20ClFN2O4S/c1-31(28,29)26(14-16-5-2-3-8-21(16)23)19-9-11-20(12-10-19)30-15-22(27)25-18-7-4-6-17(24)13-18/h2-13H,14-15H2,1H3,(H,25,27). The van der Waals surface area contributed by atoms with Crippen LogP contribution in [0.1, 0.15) is 5.56 Å². The zero-order valence-electron chi connectivity index (χ0n) is 16.6. The first kappa shape index (κ1) is 22.6. The summed E-state index contributed by atoms with van der Waals surface area (Å²) in [5, 5.41) is 3.00. The van der Waals surface area contributed by atoms with Gasteiger partial charge in [0.2, 0.25) is 10.0 Å². The lowest BCUT2D eigenvalue weighted by Gasteiger charge is -2.23. The number of amides is 1. The number of nitrogens with zero attached hydrogens (tertiary/aromatic N) is 1. The lowest BCUT2D eigenvalue weighted by molar-refractivity contribution is -0.118. The highest BCUT2D eigenvalue weighted by molar-refractivity contribution is 7.92. The van der Waals surface area contributed by atoms with Crippen molar-refractivity contribution in [3.8, 4) is 5.75 Å². The molecule has 0 spiro atoms. The van der Waals surface area contributed by atoms with E-state index >= 15 is 0 Å². The normalized spacial score (nSPS) is 11.1. The molecule has 0 saturated carbocycles. The molecule has 3 aromatic rings. The molecule has 6 nitrogen and oxygen atoms in total. The van der Waals surface area contributed by atoms with E-state index in [0.29, 0.717) is 27.7 Å². The molecule has 3 rings (SSSR count). The van der Waals surface area contributed by atoms with Gasteiger partial charge in [0.15, 0.2) is 6.61 Å². The van der Waals surface area contributed by atoms with Crippen LogP contribution in [-0.2, 0) is 21.4 Å².